The molecule has 2 aromatic heterocycles. The smallest absolute Gasteiger partial charge is 0.531 e. The van der Waals surface area contributed by atoms with Gasteiger partial charge in [-0.3, -0.25) is 0 Å². The van der Waals surface area contributed by atoms with Gasteiger partial charge in [0.1, 0.15) is 11.4 Å². The molecular weight excluding hydrogens is 355 g/mol. The van der Waals surface area contributed by atoms with Crippen LogP contribution < -0.4 is 9.38 Å². The standard InChI is InChI=1S/C16H17BN4O4S/c18-3-1-5-26(23,24)21-11-6-10(7-11)13-8-17(22)25-14-9-20-16-12(15(13)14)2-4-19-16/h2,4,8-11,21-22H,1,5-7H2,(H,19,20)/t10-,11+. The van der Waals surface area contributed by atoms with E-state index in [2.05, 4.69) is 14.7 Å². The Morgan fingerprint density at radius 1 is 1.50 bits per heavy atom. The zero-order chi connectivity index (χ0) is 18.3. The Morgan fingerprint density at radius 3 is 3.08 bits per heavy atom. The summed E-state index contributed by atoms with van der Waals surface area (Å²) in [5, 5.41) is 19.4. The number of nitrogens with zero attached hydrogens (tertiary/aromatic N) is 2. The normalized spacial score (nSPS) is 22.2. The molecule has 3 heterocycles. The average molecular weight is 372 g/mol. The van der Waals surface area contributed by atoms with Crippen molar-refractivity contribution in [2.24, 2.45) is 5.92 Å². The SMILES string of the molecule is N#CCCS(=O)(=O)N[C@H]1C[C@@H](C2=CB(O)Oc3cnc4[nH]ccc4c32)C1. The molecule has 3 N–H and O–H groups in total. The summed E-state index contributed by atoms with van der Waals surface area (Å²) in [5.41, 5.74) is 2.60. The lowest BCUT2D eigenvalue weighted by Crippen LogP contribution is -2.45. The molecule has 0 atom stereocenters. The zero-order valence-corrected chi connectivity index (χ0v) is 14.7. The van der Waals surface area contributed by atoms with E-state index in [1.54, 1.807) is 18.4 Å². The highest BCUT2D eigenvalue weighted by Gasteiger charge is 2.38. The lowest BCUT2D eigenvalue weighted by molar-refractivity contribution is 0.308. The van der Waals surface area contributed by atoms with Crippen molar-refractivity contribution in [1.82, 2.24) is 14.7 Å². The summed E-state index contributed by atoms with van der Waals surface area (Å²) in [4.78, 5) is 7.34. The van der Waals surface area contributed by atoms with Crippen LogP contribution in [0.4, 0.5) is 0 Å². The Morgan fingerprint density at radius 2 is 2.31 bits per heavy atom. The molecule has 2 aromatic rings. The molecule has 1 aliphatic carbocycles. The Kier molecular flexibility index (Phi) is 4.22. The van der Waals surface area contributed by atoms with Gasteiger partial charge in [-0.05, 0) is 36.4 Å². The third-order valence-corrected chi connectivity index (χ3v) is 6.25. The number of aromatic amines is 1. The summed E-state index contributed by atoms with van der Waals surface area (Å²) in [5.74, 6) is 2.15. The number of nitrogens with one attached hydrogen (secondary N) is 2. The number of nitriles is 1. The van der Waals surface area contributed by atoms with Crippen LogP contribution in [0.3, 0.4) is 0 Å². The number of aromatic nitrogens is 2. The molecule has 26 heavy (non-hydrogen) atoms. The number of pyridine rings is 1. The van der Waals surface area contributed by atoms with Crippen molar-refractivity contribution in [3.8, 4) is 11.8 Å². The topological polar surface area (TPSA) is 128 Å². The highest BCUT2D eigenvalue weighted by Crippen LogP contribution is 2.46. The highest BCUT2D eigenvalue weighted by atomic mass is 32.2. The van der Waals surface area contributed by atoms with Crippen LogP contribution >= 0.6 is 0 Å². The number of sulfonamides is 1. The van der Waals surface area contributed by atoms with Gasteiger partial charge >= 0.3 is 7.12 Å². The molecule has 134 valence electrons. The fraction of sp³-hybridized carbons (Fsp3) is 0.375. The van der Waals surface area contributed by atoms with E-state index < -0.39 is 17.1 Å². The lowest BCUT2D eigenvalue weighted by Gasteiger charge is -2.39. The number of fused-ring (bicyclic) bond motifs is 3. The third kappa shape index (κ3) is 3.09. The highest BCUT2D eigenvalue weighted by molar-refractivity contribution is 7.89. The van der Waals surface area contributed by atoms with Crippen molar-refractivity contribution in [1.29, 1.82) is 5.26 Å². The van der Waals surface area contributed by atoms with Crippen LogP contribution in [0, 0.1) is 17.2 Å². The van der Waals surface area contributed by atoms with Crippen LogP contribution in [0.5, 0.6) is 5.75 Å². The summed E-state index contributed by atoms with van der Waals surface area (Å²) in [6, 6.07) is 3.60. The summed E-state index contributed by atoms with van der Waals surface area (Å²) < 4.78 is 31.9. The van der Waals surface area contributed by atoms with E-state index in [-0.39, 0.29) is 24.1 Å². The Hall–Kier alpha value is -2.35. The molecule has 1 aliphatic heterocycles. The molecule has 0 aromatic carbocycles. The first kappa shape index (κ1) is 17.1. The first-order valence-electron chi connectivity index (χ1n) is 8.36. The van der Waals surface area contributed by atoms with Crippen LogP contribution in [0.1, 0.15) is 24.8 Å². The minimum Gasteiger partial charge on any atom is -0.531 e. The lowest BCUT2D eigenvalue weighted by atomic mass is 9.68. The predicted octanol–water partition coefficient (Wildman–Crippen LogP) is 0.970. The summed E-state index contributed by atoms with van der Waals surface area (Å²) >= 11 is 0. The quantitative estimate of drug-likeness (QED) is 0.671. The van der Waals surface area contributed by atoms with Gasteiger partial charge in [0.2, 0.25) is 10.0 Å². The first-order chi connectivity index (χ1) is 12.5. The second-order valence-corrected chi connectivity index (χ2v) is 8.45. The van der Waals surface area contributed by atoms with Gasteiger partial charge in [-0.15, -0.1) is 0 Å². The number of allylic oxidation sites excluding steroid dienone is 1. The predicted molar refractivity (Wildman–Crippen MR) is 96.3 cm³/mol. The molecule has 0 amide bonds. The van der Waals surface area contributed by atoms with Crippen LogP contribution in [-0.2, 0) is 10.0 Å². The van der Waals surface area contributed by atoms with E-state index in [4.69, 9.17) is 9.92 Å². The maximum atomic E-state index is 11.9. The average Bonchev–Trinajstić information content (AvgIpc) is 3.03. The van der Waals surface area contributed by atoms with Crippen LogP contribution in [0.15, 0.2) is 24.4 Å². The maximum absolute atomic E-state index is 11.9. The van der Waals surface area contributed by atoms with Gasteiger partial charge in [-0.1, -0.05) is 0 Å². The van der Waals surface area contributed by atoms with Gasteiger partial charge in [0, 0.05) is 23.2 Å². The third-order valence-electron chi connectivity index (χ3n) is 4.82. The molecule has 1 fully saturated rings. The van der Waals surface area contributed by atoms with Crippen LogP contribution in [-0.4, -0.2) is 42.3 Å². The second-order valence-electron chi connectivity index (χ2n) is 6.58. The van der Waals surface area contributed by atoms with E-state index >= 15 is 0 Å². The second kappa shape index (κ2) is 6.43. The van der Waals surface area contributed by atoms with Crippen LogP contribution in [0.25, 0.3) is 16.6 Å². The fourth-order valence-corrected chi connectivity index (χ4v) is 4.76. The van der Waals surface area contributed by atoms with E-state index in [1.807, 2.05) is 12.1 Å². The van der Waals surface area contributed by atoms with Crippen molar-refractivity contribution in [3.05, 3.63) is 30.0 Å². The molecule has 0 unspecified atom stereocenters. The maximum Gasteiger partial charge on any atom is 0.552 e. The zero-order valence-electron chi connectivity index (χ0n) is 13.8. The molecule has 10 heteroatoms. The van der Waals surface area contributed by atoms with E-state index in [0.29, 0.717) is 18.6 Å². The minimum atomic E-state index is -3.44. The van der Waals surface area contributed by atoms with Gasteiger partial charge in [0.25, 0.3) is 0 Å². The van der Waals surface area contributed by atoms with Gasteiger partial charge in [0.15, 0.2) is 0 Å². The molecule has 8 nitrogen and oxygen atoms in total. The number of H-pyrrole nitrogens is 1. The Labute approximate surface area is 151 Å². The van der Waals surface area contributed by atoms with Gasteiger partial charge in [-0.25, -0.2) is 18.1 Å². The van der Waals surface area contributed by atoms with Crippen molar-refractivity contribution in [2.45, 2.75) is 25.3 Å². The largest absolute Gasteiger partial charge is 0.552 e. The molecule has 2 aliphatic rings. The Bertz CT molecular complexity index is 1020. The minimum absolute atomic E-state index is 0.0218. The van der Waals surface area contributed by atoms with E-state index in [9.17, 15) is 13.4 Å². The monoisotopic (exact) mass is 372 g/mol. The van der Waals surface area contributed by atoms with Gasteiger partial charge in [0.05, 0.1) is 24.4 Å². The van der Waals surface area contributed by atoms with E-state index in [1.165, 1.54) is 0 Å². The molecule has 4 rings (SSSR count). The van der Waals surface area contributed by atoms with Gasteiger partial charge in [-0.2, -0.15) is 5.26 Å². The number of hydrogen-bond acceptors (Lipinski definition) is 6. The molecule has 0 bridgehead atoms. The molecule has 0 spiro atoms. The fourth-order valence-electron chi connectivity index (χ4n) is 3.58. The Balaban J connectivity index is 1.54. The van der Waals surface area contributed by atoms with Crippen molar-refractivity contribution >= 4 is 33.7 Å². The molecular formula is C16H17BN4O4S. The first-order valence-corrected chi connectivity index (χ1v) is 10.0. The van der Waals surface area contributed by atoms with Crippen molar-refractivity contribution in [2.75, 3.05) is 5.75 Å². The molecule has 0 saturated heterocycles. The van der Waals surface area contributed by atoms with Crippen LogP contribution in [0.2, 0.25) is 0 Å². The summed E-state index contributed by atoms with van der Waals surface area (Å²) in [7, 11) is -4.48. The van der Waals surface area contributed by atoms with Crippen molar-refractivity contribution < 1.29 is 18.1 Å². The van der Waals surface area contributed by atoms with Crippen molar-refractivity contribution in [3.63, 3.8) is 0 Å². The number of hydrogen-bond donors (Lipinski definition) is 3. The molecule has 1 saturated carbocycles. The summed E-state index contributed by atoms with van der Waals surface area (Å²) in [6.45, 7) is 0. The van der Waals surface area contributed by atoms with Gasteiger partial charge < -0.3 is 14.7 Å². The molecule has 0 radical (unpaired) electrons. The summed E-state index contributed by atoms with van der Waals surface area (Å²) in [6.07, 6.45) is 4.64. The van der Waals surface area contributed by atoms with E-state index in [0.717, 1.165) is 22.2 Å². The number of rotatable bonds is 5.